The van der Waals surface area contributed by atoms with Crippen LogP contribution in [0.5, 0.6) is 0 Å². The van der Waals surface area contributed by atoms with Crippen molar-refractivity contribution in [1.29, 1.82) is 0 Å². The third-order valence-corrected chi connectivity index (χ3v) is 8.51. The average molecular weight is 470 g/mol. The Hall–Kier alpha value is -1.62. The number of benzene rings is 1. The minimum Gasteiger partial charge on any atom is -0.325 e. The molecule has 1 unspecified atom stereocenters. The summed E-state index contributed by atoms with van der Waals surface area (Å²) in [6, 6.07) is 4.88. The summed E-state index contributed by atoms with van der Waals surface area (Å²) in [6.07, 6.45) is 4.56. The van der Waals surface area contributed by atoms with Crippen LogP contribution >= 0.6 is 23.4 Å². The van der Waals surface area contributed by atoms with Crippen molar-refractivity contribution in [3.8, 4) is 0 Å². The van der Waals surface area contributed by atoms with E-state index in [0.717, 1.165) is 41.0 Å². The molecular formula is C19H24ClN5O3S2. The lowest BCUT2D eigenvalue weighted by molar-refractivity contribution is -0.115. The Bertz CT molecular complexity index is 1080. The van der Waals surface area contributed by atoms with Gasteiger partial charge in [0.2, 0.25) is 15.9 Å². The van der Waals surface area contributed by atoms with E-state index in [4.69, 9.17) is 11.6 Å². The standard InChI is InChI=1S/C19H24ClN5O3S2/c1-11(29-19-23-22-17(12-4-5-12)25(19)14-7-8-14)18(26)21-13-6-9-15(20)16(10-13)30(27,28)24(2)3/h6,9-12,14H,4-5,7-8H2,1-3H3,(H,21,26). The minimum atomic E-state index is -3.72. The molecule has 8 nitrogen and oxygen atoms in total. The maximum absolute atomic E-state index is 12.8. The summed E-state index contributed by atoms with van der Waals surface area (Å²) in [5.41, 5.74) is 0.375. The van der Waals surface area contributed by atoms with Crippen LogP contribution in [0.25, 0.3) is 0 Å². The predicted molar refractivity (Wildman–Crippen MR) is 117 cm³/mol. The van der Waals surface area contributed by atoms with E-state index in [1.165, 1.54) is 38.0 Å². The van der Waals surface area contributed by atoms with Crippen molar-refractivity contribution in [2.24, 2.45) is 0 Å². The molecule has 11 heteroatoms. The van der Waals surface area contributed by atoms with E-state index in [0.29, 0.717) is 17.6 Å². The van der Waals surface area contributed by atoms with Crippen molar-refractivity contribution in [2.45, 2.75) is 59.9 Å². The van der Waals surface area contributed by atoms with Crippen LogP contribution in [-0.2, 0) is 14.8 Å². The fraction of sp³-hybridized carbons (Fsp3) is 0.526. The summed E-state index contributed by atoms with van der Waals surface area (Å²) in [5, 5.41) is 12.0. The molecule has 1 atom stereocenters. The Morgan fingerprint density at radius 3 is 2.57 bits per heavy atom. The Labute approximate surface area is 185 Å². The van der Waals surface area contributed by atoms with E-state index < -0.39 is 15.3 Å². The lowest BCUT2D eigenvalue weighted by Crippen LogP contribution is -2.24. The molecular weight excluding hydrogens is 446 g/mol. The van der Waals surface area contributed by atoms with Crippen molar-refractivity contribution < 1.29 is 13.2 Å². The van der Waals surface area contributed by atoms with Gasteiger partial charge in [-0.25, -0.2) is 12.7 Å². The molecule has 1 aromatic carbocycles. The van der Waals surface area contributed by atoms with Crippen LogP contribution in [0.1, 0.15) is 50.4 Å². The van der Waals surface area contributed by atoms with Gasteiger partial charge in [0, 0.05) is 31.7 Å². The number of carbonyl (C=O) groups excluding carboxylic acids is 1. The maximum Gasteiger partial charge on any atom is 0.244 e. The fourth-order valence-electron chi connectivity index (χ4n) is 3.10. The maximum atomic E-state index is 12.8. The number of rotatable bonds is 8. The molecule has 30 heavy (non-hydrogen) atoms. The van der Waals surface area contributed by atoms with Gasteiger partial charge in [-0.15, -0.1) is 10.2 Å². The molecule has 2 fully saturated rings. The van der Waals surface area contributed by atoms with Gasteiger partial charge in [-0.2, -0.15) is 0 Å². The molecule has 2 saturated carbocycles. The second-order valence-corrected chi connectivity index (χ2v) is 11.7. The first-order valence-electron chi connectivity index (χ1n) is 9.83. The number of sulfonamides is 1. The monoisotopic (exact) mass is 469 g/mol. The number of nitrogens with zero attached hydrogens (tertiary/aromatic N) is 4. The SMILES string of the molecule is CC(Sc1nnc(C2CC2)n1C1CC1)C(=O)Nc1ccc(Cl)c(S(=O)(=O)N(C)C)c1. The highest BCUT2D eigenvalue weighted by Gasteiger charge is 2.37. The summed E-state index contributed by atoms with van der Waals surface area (Å²) in [5.74, 6) is 1.31. The van der Waals surface area contributed by atoms with Crippen molar-refractivity contribution in [2.75, 3.05) is 19.4 Å². The molecule has 0 aliphatic heterocycles. The van der Waals surface area contributed by atoms with Gasteiger partial charge in [0.1, 0.15) is 10.7 Å². The molecule has 2 aliphatic carbocycles. The zero-order valence-electron chi connectivity index (χ0n) is 17.0. The third-order valence-electron chi connectivity index (χ3n) is 5.15. The molecule has 1 N–H and O–H groups in total. The van der Waals surface area contributed by atoms with Gasteiger partial charge < -0.3 is 9.88 Å². The summed E-state index contributed by atoms with van der Waals surface area (Å²) < 4.78 is 28.2. The van der Waals surface area contributed by atoms with E-state index in [-0.39, 0.29) is 15.8 Å². The second-order valence-electron chi connectivity index (χ2n) is 7.90. The van der Waals surface area contributed by atoms with Gasteiger partial charge in [-0.05, 0) is 50.8 Å². The fourth-order valence-corrected chi connectivity index (χ4v) is 5.42. The number of nitrogens with one attached hydrogen (secondary N) is 1. The van der Waals surface area contributed by atoms with Gasteiger partial charge in [-0.1, -0.05) is 23.4 Å². The van der Waals surface area contributed by atoms with Gasteiger partial charge in [-0.3, -0.25) is 4.79 Å². The Morgan fingerprint density at radius 2 is 1.97 bits per heavy atom. The minimum absolute atomic E-state index is 0.0465. The molecule has 0 radical (unpaired) electrons. The molecule has 2 aliphatic rings. The van der Waals surface area contributed by atoms with Crippen molar-refractivity contribution in [3.05, 3.63) is 29.0 Å². The number of anilines is 1. The molecule has 4 rings (SSSR count). The first-order chi connectivity index (χ1) is 14.2. The van der Waals surface area contributed by atoms with E-state index in [9.17, 15) is 13.2 Å². The van der Waals surface area contributed by atoms with Crippen molar-refractivity contribution in [1.82, 2.24) is 19.1 Å². The van der Waals surface area contributed by atoms with Crippen LogP contribution in [-0.4, -0.2) is 52.7 Å². The molecule has 1 amide bonds. The van der Waals surface area contributed by atoms with Gasteiger partial charge >= 0.3 is 0 Å². The average Bonchev–Trinajstić information content (AvgIpc) is 3.62. The van der Waals surface area contributed by atoms with Crippen molar-refractivity contribution in [3.63, 3.8) is 0 Å². The molecule has 0 bridgehead atoms. The van der Waals surface area contributed by atoms with Crippen LogP contribution in [0.4, 0.5) is 5.69 Å². The van der Waals surface area contributed by atoms with E-state index in [1.807, 2.05) is 0 Å². The summed E-state index contributed by atoms with van der Waals surface area (Å²) in [7, 11) is -0.855. The molecule has 0 spiro atoms. The molecule has 162 valence electrons. The highest BCUT2D eigenvalue weighted by molar-refractivity contribution is 8.00. The normalized spacial score (nSPS) is 17.9. The molecule has 0 saturated heterocycles. The second kappa shape index (κ2) is 8.14. The quantitative estimate of drug-likeness (QED) is 0.594. The highest BCUT2D eigenvalue weighted by atomic mass is 35.5. The number of carbonyl (C=O) groups is 1. The van der Waals surface area contributed by atoms with Crippen molar-refractivity contribution >= 4 is 45.0 Å². The smallest absolute Gasteiger partial charge is 0.244 e. The first kappa shape index (κ1) is 21.6. The number of hydrogen-bond donors (Lipinski definition) is 1. The van der Waals surface area contributed by atoms with Gasteiger partial charge in [0.15, 0.2) is 5.16 Å². The lowest BCUT2D eigenvalue weighted by Gasteiger charge is -2.16. The molecule has 1 heterocycles. The number of halogens is 1. The van der Waals surface area contributed by atoms with E-state index >= 15 is 0 Å². The largest absolute Gasteiger partial charge is 0.325 e. The summed E-state index contributed by atoms with van der Waals surface area (Å²) >= 11 is 7.45. The Morgan fingerprint density at radius 1 is 1.27 bits per heavy atom. The number of aromatic nitrogens is 3. The summed E-state index contributed by atoms with van der Waals surface area (Å²) in [6.45, 7) is 1.80. The lowest BCUT2D eigenvalue weighted by atomic mass is 10.3. The first-order valence-corrected chi connectivity index (χ1v) is 12.5. The number of hydrogen-bond acceptors (Lipinski definition) is 6. The van der Waals surface area contributed by atoms with Crippen LogP contribution in [0.3, 0.4) is 0 Å². The van der Waals surface area contributed by atoms with Crippen LogP contribution in [0.2, 0.25) is 5.02 Å². The number of amides is 1. The van der Waals surface area contributed by atoms with Gasteiger partial charge in [0.05, 0.1) is 10.3 Å². The predicted octanol–water partition coefficient (Wildman–Crippen LogP) is 3.51. The van der Waals surface area contributed by atoms with E-state index in [2.05, 4.69) is 20.1 Å². The Balaban J connectivity index is 1.48. The van der Waals surface area contributed by atoms with Crippen LogP contribution < -0.4 is 5.32 Å². The molecule has 1 aromatic heterocycles. The third kappa shape index (κ3) is 4.37. The number of thioether (sulfide) groups is 1. The zero-order valence-corrected chi connectivity index (χ0v) is 19.4. The Kier molecular flexibility index (Phi) is 5.86. The van der Waals surface area contributed by atoms with Crippen LogP contribution in [0.15, 0.2) is 28.3 Å². The van der Waals surface area contributed by atoms with Gasteiger partial charge in [0.25, 0.3) is 0 Å². The molecule has 2 aromatic rings. The summed E-state index contributed by atoms with van der Waals surface area (Å²) in [4.78, 5) is 12.7. The zero-order chi connectivity index (χ0) is 21.6. The van der Waals surface area contributed by atoms with E-state index in [1.54, 1.807) is 13.0 Å². The van der Waals surface area contributed by atoms with Crippen LogP contribution in [0, 0.1) is 0 Å². The topological polar surface area (TPSA) is 97.2 Å². The highest BCUT2D eigenvalue weighted by Crippen LogP contribution is 2.46.